The Balaban J connectivity index is 2.03. The van der Waals surface area contributed by atoms with Gasteiger partial charge in [-0.05, 0) is 37.6 Å². The van der Waals surface area contributed by atoms with E-state index in [-0.39, 0.29) is 11.9 Å². The van der Waals surface area contributed by atoms with Crippen molar-refractivity contribution in [2.24, 2.45) is 0 Å². The first kappa shape index (κ1) is 10.7. The molecule has 1 aromatic carbocycles. The molecule has 1 amide bonds. The summed E-state index contributed by atoms with van der Waals surface area (Å²) < 4.78 is 0. The molecule has 0 radical (unpaired) electrons. The summed E-state index contributed by atoms with van der Waals surface area (Å²) in [5.41, 5.74) is 1.23. The zero-order chi connectivity index (χ0) is 11.4. The quantitative estimate of drug-likeness (QED) is 0.780. The summed E-state index contributed by atoms with van der Waals surface area (Å²) in [5.74, 6) is -0.0208. The molecule has 2 rings (SSSR count). The molecule has 1 aliphatic heterocycles. The zero-order valence-electron chi connectivity index (χ0n) is 8.86. The molecule has 4 nitrogen and oxygen atoms in total. The normalized spacial score (nSPS) is 19.1. The van der Waals surface area contributed by atoms with E-state index in [0.29, 0.717) is 11.3 Å². The molecule has 1 aromatic rings. The molecular formula is C12H13N3O. The van der Waals surface area contributed by atoms with Crippen LogP contribution >= 0.6 is 0 Å². The van der Waals surface area contributed by atoms with Crippen molar-refractivity contribution in [1.29, 1.82) is 5.26 Å². The van der Waals surface area contributed by atoms with Gasteiger partial charge in [-0.1, -0.05) is 6.07 Å². The van der Waals surface area contributed by atoms with E-state index < -0.39 is 0 Å². The Bertz CT molecular complexity index is 430. The maximum absolute atomic E-state index is 11.8. The second-order valence-electron chi connectivity index (χ2n) is 3.83. The lowest BCUT2D eigenvalue weighted by atomic mass is 10.2. The Morgan fingerprint density at radius 1 is 1.56 bits per heavy atom. The third-order valence-electron chi connectivity index (χ3n) is 2.64. The summed E-state index contributed by atoms with van der Waals surface area (Å²) >= 11 is 0. The number of carbonyl (C=O) groups excluding carboxylic acids is 1. The number of benzene rings is 1. The van der Waals surface area contributed by atoms with Gasteiger partial charge in [-0.15, -0.1) is 0 Å². The molecule has 0 spiro atoms. The minimum atomic E-state index is -0.0919. The van der Waals surface area contributed by atoms with Gasteiger partial charge in [0, 0.05) is 5.69 Å². The van der Waals surface area contributed by atoms with Crippen LogP contribution in [0.4, 0.5) is 5.69 Å². The molecule has 0 bridgehead atoms. The molecule has 0 saturated carbocycles. The van der Waals surface area contributed by atoms with Gasteiger partial charge < -0.3 is 10.6 Å². The van der Waals surface area contributed by atoms with Gasteiger partial charge in [0.05, 0.1) is 17.7 Å². The topological polar surface area (TPSA) is 64.9 Å². The van der Waals surface area contributed by atoms with Crippen molar-refractivity contribution >= 4 is 11.6 Å². The van der Waals surface area contributed by atoms with E-state index in [4.69, 9.17) is 5.26 Å². The van der Waals surface area contributed by atoms with Crippen LogP contribution < -0.4 is 10.6 Å². The maximum Gasteiger partial charge on any atom is 0.241 e. The predicted molar refractivity (Wildman–Crippen MR) is 60.8 cm³/mol. The van der Waals surface area contributed by atoms with Gasteiger partial charge in [0.25, 0.3) is 0 Å². The summed E-state index contributed by atoms with van der Waals surface area (Å²) in [6.07, 6.45) is 1.92. The second-order valence-corrected chi connectivity index (χ2v) is 3.83. The Morgan fingerprint density at radius 3 is 3.12 bits per heavy atom. The highest BCUT2D eigenvalue weighted by molar-refractivity contribution is 5.95. The van der Waals surface area contributed by atoms with Crippen LogP contribution in [0.2, 0.25) is 0 Å². The predicted octanol–water partition coefficient (Wildman–Crippen LogP) is 1.25. The highest BCUT2D eigenvalue weighted by atomic mass is 16.2. The fraction of sp³-hybridized carbons (Fsp3) is 0.333. The fourth-order valence-corrected chi connectivity index (χ4v) is 1.80. The molecule has 1 fully saturated rings. The summed E-state index contributed by atoms with van der Waals surface area (Å²) in [7, 11) is 0. The van der Waals surface area contributed by atoms with Gasteiger partial charge in [-0.25, -0.2) is 0 Å². The molecule has 1 heterocycles. The summed E-state index contributed by atoms with van der Waals surface area (Å²) in [4.78, 5) is 11.8. The average molecular weight is 215 g/mol. The maximum atomic E-state index is 11.8. The van der Waals surface area contributed by atoms with Crippen LogP contribution in [0, 0.1) is 11.3 Å². The number of nitrogens with zero attached hydrogens (tertiary/aromatic N) is 1. The molecule has 1 atom stereocenters. The van der Waals surface area contributed by atoms with Crippen LogP contribution in [0.25, 0.3) is 0 Å². The van der Waals surface area contributed by atoms with Crippen molar-refractivity contribution in [2.75, 3.05) is 11.9 Å². The molecule has 82 valence electrons. The van der Waals surface area contributed by atoms with E-state index in [2.05, 4.69) is 10.6 Å². The number of hydrogen-bond acceptors (Lipinski definition) is 3. The lowest BCUT2D eigenvalue weighted by molar-refractivity contribution is -0.117. The number of hydrogen-bond donors (Lipinski definition) is 2. The van der Waals surface area contributed by atoms with Crippen molar-refractivity contribution in [2.45, 2.75) is 18.9 Å². The summed E-state index contributed by atoms with van der Waals surface area (Å²) in [6, 6.07) is 8.88. The first-order valence-electron chi connectivity index (χ1n) is 5.34. The smallest absolute Gasteiger partial charge is 0.241 e. The van der Waals surface area contributed by atoms with Crippen LogP contribution in [-0.4, -0.2) is 18.5 Å². The zero-order valence-corrected chi connectivity index (χ0v) is 8.86. The minimum Gasteiger partial charge on any atom is -0.325 e. The molecule has 4 heteroatoms. The monoisotopic (exact) mass is 215 g/mol. The first-order valence-corrected chi connectivity index (χ1v) is 5.34. The Labute approximate surface area is 94.3 Å². The van der Waals surface area contributed by atoms with Crippen LogP contribution in [0.5, 0.6) is 0 Å². The molecule has 1 unspecified atom stereocenters. The SMILES string of the molecule is N#Cc1cccc(NC(=O)C2CCCN2)c1. The first-order chi connectivity index (χ1) is 7.79. The summed E-state index contributed by atoms with van der Waals surface area (Å²) in [6.45, 7) is 0.899. The number of rotatable bonds is 2. The molecule has 1 aliphatic rings. The number of nitriles is 1. The lowest BCUT2D eigenvalue weighted by Gasteiger charge is -2.10. The van der Waals surface area contributed by atoms with E-state index in [0.717, 1.165) is 19.4 Å². The number of nitrogens with one attached hydrogen (secondary N) is 2. The fourth-order valence-electron chi connectivity index (χ4n) is 1.80. The molecule has 16 heavy (non-hydrogen) atoms. The minimum absolute atomic E-state index is 0.0208. The van der Waals surface area contributed by atoms with Crippen molar-refractivity contribution in [1.82, 2.24) is 5.32 Å². The Hall–Kier alpha value is -1.86. The lowest BCUT2D eigenvalue weighted by Crippen LogP contribution is -2.35. The van der Waals surface area contributed by atoms with Gasteiger partial charge in [0.1, 0.15) is 0 Å². The van der Waals surface area contributed by atoms with Gasteiger partial charge >= 0.3 is 0 Å². The number of anilines is 1. The molecule has 0 aliphatic carbocycles. The molecule has 2 N–H and O–H groups in total. The van der Waals surface area contributed by atoms with E-state index in [1.165, 1.54) is 0 Å². The third-order valence-corrected chi connectivity index (χ3v) is 2.64. The molecular weight excluding hydrogens is 202 g/mol. The largest absolute Gasteiger partial charge is 0.325 e. The van der Waals surface area contributed by atoms with Crippen molar-refractivity contribution in [3.8, 4) is 6.07 Å². The Morgan fingerprint density at radius 2 is 2.44 bits per heavy atom. The molecule has 1 saturated heterocycles. The van der Waals surface area contributed by atoms with Crippen LogP contribution in [0.3, 0.4) is 0 Å². The van der Waals surface area contributed by atoms with E-state index >= 15 is 0 Å². The standard InChI is InChI=1S/C12H13N3O/c13-8-9-3-1-4-10(7-9)15-12(16)11-5-2-6-14-11/h1,3-4,7,11,14H,2,5-6H2,(H,15,16). The van der Waals surface area contributed by atoms with Gasteiger partial charge in [0.2, 0.25) is 5.91 Å². The number of carbonyl (C=O) groups is 1. The van der Waals surface area contributed by atoms with Crippen molar-refractivity contribution < 1.29 is 4.79 Å². The Kier molecular flexibility index (Phi) is 3.18. The van der Waals surface area contributed by atoms with Crippen LogP contribution in [-0.2, 0) is 4.79 Å². The van der Waals surface area contributed by atoms with E-state index in [1.54, 1.807) is 24.3 Å². The van der Waals surface area contributed by atoms with Crippen molar-refractivity contribution in [3.63, 3.8) is 0 Å². The van der Waals surface area contributed by atoms with Gasteiger partial charge in [0.15, 0.2) is 0 Å². The highest BCUT2D eigenvalue weighted by Gasteiger charge is 2.21. The third kappa shape index (κ3) is 2.38. The molecule has 0 aromatic heterocycles. The average Bonchev–Trinajstić information content (AvgIpc) is 2.83. The number of amides is 1. The second kappa shape index (κ2) is 4.77. The van der Waals surface area contributed by atoms with Gasteiger partial charge in [-0.2, -0.15) is 5.26 Å². The van der Waals surface area contributed by atoms with Crippen molar-refractivity contribution in [3.05, 3.63) is 29.8 Å². The van der Waals surface area contributed by atoms with E-state index in [9.17, 15) is 4.79 Å². The van der Waals surface area contributed by atoms with E-state index in [1.807, 2.05) is 6.07 Å². The highest BCUT2D eigenvalue weighted by Crippen LogP contribution is 2.12. The van der Waals surface area contributed by atoms with Crippen LogP contribution in [0.15, 0.2) is 24.3 Å². The van der Waals surface area contributed by atoms with Gasteiger partial charge in [-0.3, -0.25) is 4.79 Å². The van der Waals surface area contributed by atoms with Crippen LogP contribution in [0.1, 0.15) is 18.4 Å². The summed E-state index contributed by atoms with van der Waals surface area (Å²) in [5, 5.41) is 14.7.